The van der Waals surface area contributed by atoms with Crippen molar-refractivity contribution in [1.82, 2.24) is 14.7 Å². The average molecular weight is 548 g/mol. The molecule has 40 heavy (non-hydrogen) atoms. The average Bonchev–Trinajstić information content (AvgIpc) is 3.68. The minimum Gasteiger partial charge on any atom is -0.467 e. The number of ether oxygens (including phenoxy) is 3. The van der Waals surface area contributed by atoms with Crippen molar-refractivity contribution in [1.29, 1.82) is 0 Å². The van der Waals surface area contributed by atoms with E-state index >= 15 is 0 Å². The molecule has 1 unspecified atom stereocenters. The molecule has 0 saturated carbocycles. The maximum Gasteiger partial charge on any atom is 0.242 e. The highest BCUT2D eigenvalue weighted by Gasteiger charge is 2.29. The van der Waals surface area contributed by atoms with Crippen molar-refractivity contribution >= 4 is 11.8 Å². The van der Waals surface area contributed by atoms with Gasteiger partial charge in [0.25, 0.3) is 0 Å². The summed E-state index contributed by atoms with van der Waals surface area (Å²) in [6.07, 6.45) is 2.25. The number of morpholine rings is 1. The number of hydrogen-bond acceptors (Lipinski definition) is 7. The molecule has 2 amide bonds. The Balaban J connectivity index is 1.35. The van der Waals surface area contributed by atoms with Crippen LogP contribution in [0.3, 0.4) is 0 Å². The van der Waals surface area contributed by atoms with E-state index in [1.807, 2.05) is 67.6 Å². The molecule has 0 aliphatic carbocycles. The molecule has 5 rings (SSSR count). The Morgan fingerprint density at radius 3 is 2.48 bits per heavy atom. The van der Waals surface area contributed by atoms with Gasteiger partial charge in [-0.1, -0.05) is 43.3 Å². The van der Waals surface area contributed by atoms with E-state index in [9.17, 15) is 9.59 Å². The van der Waals surface area contributed by atoms with Crippen molar-refractivity contribution in [3.8, 4) is 11.5 Å². The Kier molecular flexibility index (Phi) is 9.36. The van der Waals surface area contributed by atoms with Crippen LogP contribution < -0.4 is 9.47 Å². The lowest BCUT2D eigenvalue weighted by Crippen LogP contribution is -2.48. The summed E-state index contributed by atoms with van der Waals surface area (Å²) in [6.45, 7) is 6.98. The quantitative estimate of drug-likeness (QED) is 0.340. The topological polar surface area (TPSA) is 84.7 Å². The summed E-state index contributed by atoms with van der Waals surface area (Å²) in [4.78, 5) is 33.6. The van der Waals surface area contributed by atoms with Gasteiger partial charge in [0.1, 0.15) is 5.76 Å². The third-order valence-corrected chi connectivity index (χ3v) is 7.43. The summed E-state index contributed by atoms with van der Waals surface area (Å²) in [5, 5.41) is 0. The zero-order valence-corrected chi connectivity index (χ0v) is 23.0. The van der Waals surface area contributed by atoms with Crippen molar-refractivity contribution in [2.24, 2.45) is 0 Å². The molecule has 9 nitrogen and oxygen atoms in total. The number of amides is 2. The van der Waals surface area contributed by atoms with Crippen LogP contribution in [0.2, 0.25) is 0 Å². The largest absolute Gasteiger partial charge is 0.467 e. The van der Waals surface area contributed by atoms with Crippen LogP contribution in [-0.4, -0.2) is 79.2 Å². The molecule has 2 aliphatic rings. The van der Waals surface area contributed by atoms with Crippen LogP contribution in [-0.2, 0) is 27.4 Å². The lowest BCUT2D eigenvalue weighted by atomic mass is 9.95. The van der Waals surface area contributed by atoms with Crippen molar-refractivity contribution in [3.05, 3.63) is 83.8 Å². The van der Waals surface area contributed by atoms with Crippen LogP contribution in [0, 0.1) is 0 Å². The molecule has 0 radical (unpaired) electrons. The lowest BCUT2D eigenvalue weighted by Gasteiger charge is -2.33. The molecule has 0 spiro atoms. The molecule has 3 heterocycles. The van der Waals surface area contributed by atoms with Gasteiger partial charge in [0.05, 0.1) is 38.5 Å². The van der Waals surface area contributed by atoms with E-state index in [1.165, 1.54) is 0 Å². The van der Waals surface area contributed by atoms with Crippen LogP contribution in [0.15, 0.2) is 71.3 Å². The molecule has 0 bridgehead atoms. The van der Waals surface area contributed by atoms with Gasteiger partial charge >= 0.3 is 0 Å². The highest BCUT2D eigenvalue weighted by atomic mass is 16.7. The number of nitrogens with zero attached hydrogens (tertiary/aromatic N) is 3. The van der Waals surface area contributed by atoms with Gasteiger partial charge in [-0.3, -0.25) is 14.5 Å². The highest BCUT2D eigenvalue weighted by Crippen LogP contribution is 2.33. The monoisotopic (exact) mass is 547 g/mol. The smallest absolute Gasteiger partial charge is 0.242 e. The van der Waals surface area contributed by atoms with E-state index in [0.29, 0.717) is 63.1 Å². The van der Waals surface area contributed by atoms with Crippen molar-refractivity contribution in [2.75, 3.05) is 52.7 Å². The van der Waals surface area contributed by atoms with Gasteiger partial charge in [0, 0.05) is 32.7 Å². The van der Waals surface area contributed by atoms with Crippen LogP contribution >= 0.6 is 0 Å². The Bertz CT molecular complexity index is 1240. The number of carbonyl (C=O) groups is 2. The second-order valence-corrected chi connectivity index (χ2v) is 10.1. The first-order valence-electron chi connectivity index (χ1n) is 13.9. The summed E-state index contributed by atoms with van der Waals surface area (Å²) in [6, 6.07) is 19.2. The predicted molar refractivity (Wildman–Crippen MR) is 149 cm³/mol. The molecule has 1 fully saturated rings. The number of hydrogen-bond donors (Lipinski definition) is 0. The van der Waals surface area contributed by atoms with E-state index in [-0.39, 0.29) is 31.1 Å². The fraction of sp³-hybridized carbons (Fsp3) is 0.419. The van der Waals surface area contributed by atoms with Crippen molar-refractivity contribution < 1.29 is 28.2 Å². The molecule has 3 aromatic rings. The van der Waals surface area contributed by atoms with Crippen molar-refractivity contribution in [2.45, 2.75) is 32.4 Å². The maximum absolute atomic E-state index is 14.0. The fourth-order valence-electron chi connectivity index (χ4n) is 5.16. The molecule has 9 heteroatoms. The first-order valence-corrected chi connectivity index (χ1v) is 13.9. The second-order valence-electron chi connectivity index (χ2n) is 10.1. The second kappa shape index (κ2) is 13.5. The summed E-state index contributed by atoms with van der Waals surface area (Å²) < 4.78 is 22.1. The number of benzene rings is 2. The number of carbonyl (C=O) groups excluding carboxylic acids is 2. The van der Waals surface area contributed by atoms with Gasteiger partial charge in [0.2, 0.25) is 18.6 Å². The van der Waals surface area contributed by atoms with Crippen LogP contribution in [0.5, 0.6) is 11.5 Å². The van der Waals surface area contributed by atoms with Crippen molar-refractivity contribution in [3.63, 3.8) is 0 Å². The fourth-order valence-corrected chi connectivity index (χ4v) is 5.16. The molecule has 1 atom stereocenters. The van der Waals surface area contributed by atoms with Gasteiger partial charge in [0.15, 0.2) is 11.5 Å². The standard InChI is InChI=1S/C31H37N3O6/c1-2-27(25-7-4-3-5-8-25)31(36)33(13-12-32-14-17-37-18-15-32)22-30(35)34(21-26-9-6-16-38-26)20-24-10-11-28-29(19-24)40-23-39-28/h3-11,16,19,27H,2,12-15,17-18,20-23H2,1H3. The van der Waals surface area contributed by atoms with Gasteiger partial charge in [-0.25, -0.2) is 0 Å². The molecule has 1 aromatic heterocycles. The Morgan fingerprint density at radius 2 is 1.73 bits per heavy atom. The first-order chi connectivity index (χ1) is 19.6. The molecule has 2 aromatic carbocycles. The third kappa shape index (κ3) is 7.03. The van der Waals surface area contributed by atoms with Crippen LogP contribution in [0.25, 0.3) is 0 Å². The van der Waals surface area contributed by atoms with Gasteiger partial charge in [-0.05, 0) is 41.8 Å². The number of furan rings is 1. The van der Waals surface area contributed by atoms with Gasteiger partial charge in [-0.15, -0.1) is 0 Å². The Labute approximate surface area is 235 Å². The van der Waals surface area contributed by atoms with Gasteiger partial charge in [-0.2, -0.15) is 0 Å². The van der Waals surface area contributed by atoms with E-state index in [0.717, 1.165) is 24.2 Å². The number of rotatable bonds is 12. The van der Waals surface area contributed by atoms with Crippen LogP contribution in [0.4, 0.5) is 0 Å². The molecular formula is C31H37N3O6. The molecule has 1 saturated heterocycles. The van der Waals surface area contributed by atoms with E-state index in [4.69, 9.17) is 18.6 Å². The molecule has 2 aliphatic heterocycles. The lowest BCUT2D eigenvalue weighted by molar-refractivity contribution is -0.142. The third-order valence-electron chi connectivity index (χ3n) is 7.43. The minimum absolute atomic E-state index is 0.0161. The summed E-state index contributed by atoms with van der Waals surface area (Å²) in [5.74, 6) is 1.55. The SMILES string of the molecule is CCC(C(=O)N(CCN1CCOCC1)CC(=O)N(Cc1ccc2c(c1)OCO2)Cc1ccco1)c1ccccc1. The van der Waals surface area contributed by atoms with E-state index < -0.39 is 0 Å². The van der Waals surface area contributed by atoms with E-state index in [2.05, 4.69) is 4.90 Å². The van der Waals surface area contributed by atoms with Gasteiger partial charge < -0.3 is 28.4 Å². The van der Waals surface area contributed by atoms with Crippen LogP contribution in [0.1, 0.15) is 36.1 Å². The maximum atomic E-state index is 14.0. The zero-order chi connectivity index (χ0) is 27.7. The normalized spacial score (nSPS) is 15.5. The Hall–Kier alpha value is -3.82. The minimum atomic E-state index is -0.314. The molecular weight excluding hydrogens is 510 g/mol. The molecule has 0 N–H and O–H groups in total. The Morgan fingerprint density at radius 1 is 0.925 bits per heavy atom. The first kappa shape index (κ1) is 27.7. The predicted octanol–water partition coefficient (Wildman–Crippen LogP) is 3.89. The number of fused-ring (bicyclic) bond motifs is 1. The van der Waals surface area contributed by atoms with E-state index in [1.54, 1.807) is 16.1 Å². The zero-order valence-electron chi connectivity index (χ0n) is 23.0. The highest BCUT2D eigenvalue weighted by molar-refractivity contribution is 5.88. The molecule has 212 valence electrons. The summed E-state index contributed by atoms with van der Waals surface area (Å²) in [7, 11) is 0. The summed E-state index contributed by atoms with van der Waals surface area (Å²) in [5.41, 5.74) is 1.87. The summed E-state index contributed by atoms with van der Waals surface area (Å²) >= 11 is 0.